The standard InChI is InChI=1S/C32H29Cl2FN4O3/c1-32(31(42)36-20-5-2-4-19(33)15-20)27(21-6-3-7-22(34)28(21)35)26-25(39(32)16-17-8-9-17)12-13-38-24-11-10-18(30(40)41)14-23(24)37-29(26)38/h2-7,10-11,14-15,17,25-27H,8-9,12-13,16H2,1H3,(H,36,42)(H,40,41)/t25-,26+,27-,32+/m0/s1. The number of carbonyl (C=O) groups excluding carboxylic acids is 1. The summed E-state index contributed by atoms with van der Waals surface area (Å²) >= 11 is 12.6. The monoisotopic (exact) mass is 606 g/mol. The molecule has 4 atom stereocenters. The Morgan fingerprint density at radius 2 is 1.88 bits per heavy atom. The zero-order valence-electron chi connectivity index (χ0n) is 22.9. The predicted molar refractivity (Wildman–Crippen MR) is 160 cm³/mol. The second-order valence-corrected chi connectivity index (χ2v) is 12.7. The first kappa shape index (κ1) is 27.4. The van der Waals surface area contributed by atoms with Crippen molar-refractivity contribution in [3.8, 4) is 0 Å². The van der Waals surface area contributed by atoms with Crippen LogP contribution in [0, 0.1) is 11.7 Å². The molecular formula is C32H29Cl2FN4O3. The van der Waals surface area contributed by atoms with Crippen LogP contribution in [-0.4, -0.2) is 49.6 Å². The lowest BCUT2D eigenvalue weighted by atomic mass is 9.73. The fourth-order valence-corrected chi connectivity index (χ4v) is 7.61. The molecule has 1 saturated carbocycles. The maximum atomic E-state index is 16.0. The number of nitrogens with one attached hydrogen (secondary N) is 1. The van der Waals surface area contributed by atoms with Gasteiger partial charge in [0.25, 0.3) is 0 Å². The average molecular weight is 608 g/mol. The van der Waals surface area contributed by atoms with Crippen molar-refractivity contribution in [2.45, 2.75) is 56.1 Å². The van der Waals surface area contributed by atoms with Crippen molar-refractivity contribution in [2.24, 2.45) is 5.92 Å². The summed E-state index contributed by atoms with van der Waals surface area (Å²) in [6, 6.07) is 16.8. The van der Waals surface area contributed by atoms with Crippen LogP contribution in [0.1, 0.15) is 59.8 Å². The van der Waals surface area contributed by atoms with Gasteiger partial charge in [0, 0.05) is 41.7 Å². The SMILES string of the molecule is C[C@]1(C(=O)Nc2cccc(Cl)c2)[C@@H](c2cccc(Cl)c2F)[C@@H]2c3nc4cc(C(=O)O)ccc4n3CC[C@@H]2N1CC1CC1. The molecule has 2 fully saturated rings. The van der Waals surface area contributed by atoms with Crippen molar-refractivity contribution in [1.29, 1.82) is 0 Å². The van der Waals surface area contributed by atoms with Crippen LogP contribution in [0.4, 0.5) is 10.1 Å². The second-order valence-electron chi connectivity index (χ2n) is 11.8. The molecule has 4 aromatic rings. The van der Waals surface area contributed by atoms with Crippen LogP contribution in [-0.2, 0) is 11.3 Å². The number of aromatic nitrogens is 2. The molecule has 3 heterocycles. The summed E-state index contributed by atoms with van der Waals surface area (Å²) in [6.45, 7) is 3.27. The summed E-state index contributed by atoms with van der Waals surface area (Å²) in [6.07, 6.45) is 2.91. The molecular weight excluding hydrogens is 578 g/mol. The van der Waals surface area contributed by atoms with E-state index in [0.29, 0.717) is 40.8 Å². The number of likely N-dealkylation sites (tertiary alicyclic amines) is 1. The van der Waals surface area contributed by atoms with E-state index in [4.69, 9.17) is 28.2 Å². The van der Waals surface area contributed by atoms with Crippen LogP contribution in [0.25, 0.3) is 11.0 Å². The van der Waals surface area contributed by atoms with Crippen molar-refractivity contribution >= 4 is 51.8 Å². The fourth-order valence-electron chi connectivity index (χ4n) is 7.23. The number of imidazole rings is 1. The molecule has 42 heavy (non-hydrogen) atoms. The van der Waals surface area contributed by atoms with E-state index < -0.39 is 23.2 Å². The van der Waals surface area contributed by atoms with E-state index in [2.05, 4.69) is 14.8 Å². The van der Waals surface area contributed by atoms with Gasteiger partial charge in [0.15, 0.2) is 0 Å². The molecule has 0 radical (unpaired) electrons. The van der Waals surface area contributed by atoms with Crippen molar-refractivity contribution in [3.63, 3.8) is 0 Å². The summed E-state index contributed by atoms with van der Waals surface area (Å²) in [5.74, 6) is -1.60. The lowest BCUT2D eigenvalue weighted by Crippen LogP contribution is -2.56. The fraction of sp³-hybridized carbons (Fsp3) is 0.344. The Bertz CT molecular complexity index is 1760. The summed E-state index contributed by atoms with van der Waals surface area (Å²) < 4.78 is 18.1. The summed E-state index contributed by atoms with van der Waals surface area (Å²) in [4.78, 5) is 33.5. The Balaban J connectivity index is 1.43. The molecule has 1 amide bonds. The Labute approximate surface area is 252 Å². The van der Waals surface area contributed by atoms with Crippen LogP contribution in [0.5, 0.6) is 0 Å². The van der Waals surface area contributed by atoms with Gasteiger partial charge in [-0.05, 0) is 80.1 Å². The Morgan fingerprint density at radius 1 is 1.10 bits per heavy atom. The van der Waals surface area contributed by atoms with Crippen LogP contribution < -0.4 is 5.32 Å². The zero-order chi connectivity index (χ0) is 29.3. The normalized spacial score (nSPS) is 25.3. The number of benzene rings is 3. The molecule has 10 heteroatoms. The molecule has 1 aromatic heterocycles. The molecule has 7 nitrogen and oxygen atoms in total. The predicted octanol–water partition coefficient (Wildman–Crippen LogP) is 6.94. The number of aryl methyl sites for hydroxylation is 1. The third kappa shape index (κ3) is 4.31. The van der Waals surface area contributed by atoms with E-state index in [9.17, 15) is 14.7 Å². The number of hydrogen-bond acceptors (Lipinski definition) is 4. The molecule has 216 valence electrons. The quantitative estimate of drug-likeness (QED) is 0.248. The number of halogens is 3. The van der Waals surface area contributed by atoms with Gasteiger partial charge in [-0.15, -0.1) is 0 Å². The van der Waals surface area contributed by atoms with E-state index in [1.165, 1.54) is 6.07 Å². The second kappa shape index (κ2) is 10.1. The number of aromatic carboxylic acids is 1. The minimum absolute atomic E-state index is 0.00213. The molecule has 2 N–H and O–H groups in total. The Kier molecular flexibility index (Phi) is 6.57. The largest absolute Gasteiger partial charge is 0.478 e. The molecule has 0 unspecified atom stereocenters. The molecule has 1 aliphatic carbocycles. The first-order valence-corrected chi connectivity index (χ1v) is 14.9. The number of fused-ring (bicyclic) bond motifs is 5. The van der Waals surface area contributed by atoms with Gasteiger partial charge in [0.05, 0.1) is 21.6 Å². The maximum Gasteiger partial charge on any atom is 0.335 e. The molecule has 3 aromatic carbocycles. The van der Waals surface area contributed by atoms with Crippen molar-refractivity contribution in [3.05, 3.63) is 93.5 Å². The van der Waals surface area contributed by atoms with Gasteiger partial charge in [-0.25, -0.2) is 14.2 Å². The van der Waals surface area contributed by atoms with Gasteiger partial charge in [-0.1, -0.05) is 41.4 Å². The lowest BCUT2D eigenvalue weighted by Gasteiger charge is -2.40. The van der Waals surface area contributed by atoms with E-state index in [1.54, 1.807) is 54.6 Å². The molecule has 2 aliphatic heterocycles. The number of carboxylic acid groups (broad SMARTS) is 1. The van der Waals surface area contributed by atoms with Gasteiger partial charge in [-0.3, -0.25) is 9.69 Å². The number of rotatable bonds is 6. The summed E-state index contributed by atoms with van der Waals surface area (Å²) in [5, 5.41) is 13.2. The van der Waals surface area contributed by atoms with Gasteiger partial charge in [-0.2, -0.15) is 0 Å². The highest BCUT2D eigenvalue weighted by Crippen LogP contribution is 2.58. The van der Waals surface area contributed by atoms with Crippen molar-refractivity contribution in [2.75, 3.05) is 11.9 Å². The number of anilines is 1. The van der Waals surface area contributed by atoms with Crippen LogP contribution in [0.2, 0.25) is 10.0 Å². The van der Waals surface area contributed by atoms with Crippen LogP contribution >= 0.6 is 23.2 Å². The third-order valence-corrected chi connectivity index (χ3v) is 9.89. The minimum Gasteiger partial charge on any atom is -0.478 e. The van der Waals surface area contributed by atoms with E-state index >= 15 is 4.39 Å². The highest BCUT2D eigenvalue weighted by atomic mass is 35.5. The van der Waals surface area contributed by atoms with E-state index in [-0.39, 0.29) is 28.5 Å². The summed E-state index contributed by atoms with van der Waals surface area (Å²) in [7, 11) is 0. The molecule has 3 aliphatic rings. The topological polar surface area (TPSA) is 87.5 Å². The maximum absolute atomic E-state index is 16.0. The molecule has 7 rings (SSSR count). The number of nitrogens with zero attached hydrogens (tertiary/aromatic N) is 3. The van der Waals surface area contributed by atoms with Gasteiger partial charge < -0.3 is 15.0 Å². The lowest BCUT2D eigenvalue weighted by molar-refractivity contribution is -0.127. The number of carbonyl (C=O) groups is 2. The highest BCUT2D eigenvalue weighted by molar-refractivity contribution is 6.31. The molecule has 1 saturated heterocycles. The van der Waals surface area contributed by atoms with E-state index in [1.807, 2.05) is 6.92 Å². The van der Waals surface area contributed by atoms with E-state index in [0.717, 1.165) is 30.6 Å². The first-order valence-electron chi connectivity index (χ1n) is 14.2. The minimum atomic E-state index is -1.16. The van der Waals surface area contributed by atoms with Gasteiger partial charge in [0.1, 0.15) is 17.2 Å². The van der Waals surface area contributed by atoms with Gasteiger partial charge in [0.2, 0.25) is 5.91 Å². The van der Waals surface area contributed by atoms with Crippen LogP contribution in [0.15, 0.2) is 60.7 Å². The van der Waals surface area contributed by atoms with Gasteiger partial charge >= 0.3 is 5.97 Å². The number of carboxylic acids is 1. The zero-order valence-corrected chi connectivity index (χ0v) is 24.4. The van der Waals surface area contributed by atoms with Crippen molar-refractivity contribution in [1.82, 2.24) is 14.5 Å². The highest BCUT2D eigenvalue weighted by Gasteiger charge is 2.63. The Hall–Kier alpha value is -3.46. The van der Waals surface area contributed by atoms with Crippen molar-refractivity contribution < 1.29 is 19.1 Å². The number of hydrogen-bond donors (Lipinski definition) is 2. The third-order valence-electron chi connectivity index (χ3n) is 9.36. The Morgan fingerprint density at radius 3 is 2.62 bits per heavy atom. The molecule has 0 spiro atoms. The first-order chi connectivity index (χ1) is 20.2. The summed E-state index contributed by atoms with van der Waals surface area (Å²) in [5.41, 5.74) is 1.32. The smallest absolute Gasteiger partial charge is 0.335 e. The number of amides is 1. The van der Waals surface area contributed by atoms with Crippen LogP contribution in [0.3, 0.4) is 0 Å². The molecule has 0 bridgehead atoms. The average Bonchev–Trinajstić information content (AvgIpc) is 3.65.